The molecule has 1 aliphatic heterocycles. The van der Waals surface area contributed by atoms with Crippen molar-refractivity contribution >= 4 is 45.2 Å². The zero-order chi connectivity index (χ0) is 15.6. The predicted octanol–water partition coefficient (Wildman–Crippen LogP) is 4.13. The van der Waals surface area contributed by atoms with Crippen LogP contribution >= 0.6 is 23.0 Å². The maximum atomic E-state index is 9.87. The number of hydrogen-bond donors (Lipinski definition) is 5. The van der Waals surface area contributed by atoms with E-state index in [0.717, 1.165) is 16.9 Å². The predicted molar refractivity (Wildman–Crippen MR) is 97.8 cm³/mol. The molecule has 3 rings (SSSR count). The Morgan fingerprint density at radius 3 is 2.59 bits per heavy atom. The quantitative estimate of drug-likeness (QED) is 0.531. The molecule has 0 aromatic heterocycles. The van der Waals surface area contributed by atoms with Gasteiger partial charge in [-0.25, -0.2) is 0 Å². The highest BCUT2D eigenvalue weighted by Gasteiger charge is 2.23. The Morgan fingerprint density at radius 1 is 1.05 bits per heavy atom. The Kier molecular flexibility index (Phi) is 4.21. The van der Waals surface area contributed by atoms with Crippen LogP contribution in [0.1, 0.15) is 5.56 Å². The summed E-state index contributed by atoms with van der Waals surface area (Å²) < 4.78 is 22.6. The van der Waals surface area contributed by atoms with Gasteiger partial charge in [-0.3, -0.25) is 13.8 Å². The molecule has 0 unspecified atom stereocenters. The van der Waals surface area contributed by atoms with Crippen LogP contribution in [-0.4, -0.2) is 20.0 Å². The van der Waals surface area contributed by atoms with E-state index in [1.165, 1.54) is 0 Å². The average Bonchev–Trinajstić information content (AvgIpc) is 2.48. The lowest BCUT2D eigenvalue weighted by Gasteiger charge is -2.39. The molecule has 0 saturated heterocycles. The van der Waals surface area contributed by atoms with Gasteiger partial charge in [0.05, 0.1) is 17.1 Å². The zero-order valence-electron chi connectivity index (χ0n) is 11.7. The number of rotatable bonds is 2. The minimum atomic E-state index is -2.77. The van der Waals surface area contributed by atoms with Gasteiger partial charge in [-0.05, 0) is 42.4 Å². The maximum absolute atomic E-state index is 9.87. The molecule has 1 heterocycles. The molecule has 7 heteroatoms. The van der Waals surface area contributed by atoms with Gasteiger partial charge in [0.2, 0.25) is 0 Å². The number of fused-ring (bicyclic) bond motifs is 1. The number of benzene rings is 2. The SMILES string of the molecule is OS1(O)CCc2cccc(NC(=S)Nc3ccccc3)c2N1. The highest BCUT2D eigenvalue weighted by atomic mass is 32.3. The van der Waals surface area contributed by atoms with E-state index in [9.17, 15) is 9.11 Å². The zero-order valence-corrected chi connectivity index (χ0v) is 13.4. The lowest BCUT2D eigenvalue weighted by molar-refractivity contribution is 0.492. The summed E-state index contributed by atoms with van der Waals surface area (Å²) in [6, 6.07) is 15.4. The van der Waals surface area contributed by atoms with Crippen molar-refractivity contribution in [2.75, 3.05) is 21.1 Å². The van der Waals surface area contributed by atoms with Crippen molar-refractivity contribution < 1.29 is 9.11 Å². The molecule has 22 heavy (non-hydrogen) atoms. The van der Waals surface area contributed by atoms with Crippen LogP contribution in [0.15, 0.2) is 48.5 Å². The number of aryl methyl sites for hydroxylation is 1. The van der Waals surface area contributed by atoms with E-state index < -0.39 is 10.8 Å². The second kappa shape index (κ2) is 6.13. The highest BCUT2D eigenvalue weighted by Crippen LogP contribution is 2.47. The van der Waals surface area contributed by atoms with Crippen molar-refractivity contribution in [1.29, 1.82) is 0 Å². The third kappa shape index (κ3) is 3.50. The van der Waals surface area contributed by atoms with Crippen LogP contribution in [0.4, 0.5) is 17.1 Å². The van der Waals surface area contributed by atoms with E-state index in [1.807, 2.05) is 48.5 Å². The van der Waals surface area contributed by atoms with Crippen molar-refractivity contribution in [2.45, 2.75) is 6.42 Å². The van der Waals surface area contributed by atoms with Crippen LogP contribution in [0.25, 0.3) is 0 Å². The molecule has 116 valence electrons. The van der Waals surface area contributed by atoms with Crippen molar-refractivity contribution in [2.24, 2.45) is 0 Å². The first-order valence-electron chi connectivity index (χ1n) is 6.82. The van der Waals surface area contributed by atoms with Crippen molar-refractivity contribution in [3.8, 4) is 0 Å². The van der Waals surface area contributed by atoms with Gasteiger partial charge in [0.15, 0.2) is 5.11 Å². The summed E-state index contributed by atoms with van der Waals surface area (Å²) in [5.41, 5.74) is 3.36. The smallest absolute Gasteiger partial charge is 0.175 e. The van der Waals surface area contributed by atoms with Crippen LogP contribution in [0.3, 0.4) is 0 Å². The first-order chi connectivity index (χ1) is 10.5. The van der Waals surface area contributed by atoms with E-state index >= 15 is 0 Å². The highest BCUT2D eigenvalue weighted by molar-refractivity contribution is 8.25. The Morgan fingerprint density at radius 2 is 1.82 bits per heavy atom. The third-order valence-electron chi connectivity index (χ3n) is 3.35. The normalized spacial score (nSPS) is 16.8. The van der Waals surface area contributed by atoms with E-state index in [-0.39, 0.29) is 0 Å². The third-order valence-corrected chi connectivity index (χ3v) is 4.86. The molecule has 0 saturated carbocycles. The van der Waals surface area contributed by atoms with E-state index in [0.29, 0.717) is 23.0 Å². The van der Waals surface area contributed by atoms with Crippen molar-refractivity contribution in [3.63, 3.8) is 0 Å². The van der Waals surface area contributed by atoms with Crippen LogP contribution < -0.4 is 15.4 Å². The second-order valence-corrected chi connectivity index (χ2v) is 7.36. The standard InChI is InChI=1S/C15H17N3O2S2/c19-22(20)10-9-11-5-4-8-13(14(11)18-22)17-15(21)16-12-6-2-1-3-7-12/h1-8,18-20H,9-10H2,(H2,16,17,21). The lowest BCUT2D eigenvalue weighted by Crippen LogP contribution is -2.24. The monoisotopic (exact) mass is 335 g/mol. The Balaban J connectivity index is 1.77. The van der Waals surface area contributed by atoms with Gasteiger partial charge in [0, 0.05) is 5.69 Å². The molecule has 0 aliphatic carbocycles. The maximum Gasteiger partial charge on any atom is 0.175 e. The molecule has 2 aromatic carbocycles. The molecule has 1 aliphatic rings. The summed E-state index contributed by atoms with van der Waals surface area (Å²) in [6.45, 7) is 0. The summed E-state index contributed by atoms with van der Waals surface area (Å²) in [5, 5.41) is 6.65. The summed E-state index contributed by atoms with van der Waals surface area (Å²) in [5.74, 6) is 0.330. The van der Waals surface area contributed by atoms with Crippen LogP contribution in [0.5, 0.6) is 0 Å². The molecule has 2 aromatic rings. The molecule has 5 N–H and O–H groups in total. The van der Waals surface area contributed by atoms with Gasteiger partial charge >= 0.3 is 0 Å². The summed E-state index contributed by atoms with van der Waals surface area (Å²) >= 11 is 5.31. The van der Waals surface area contributed by atoms with Gasteiger partial charge in [0.25, 0.3) is 0 Å². The van der Waals surface area contributed by atoms with E-state index in [1.54, 1.807) is 0 Å². The number of para-hydroxylation sites is 2. The average molecular weight is 335 g/mol. The van der Waals surface area contributed by atoms with Gasteiger partial charge in [-0.2, -0.15) is 0 Å². The number of thiocarbonyl (C=S) groups is 1. The van der Waals surface area contributed by atoms with Gasteiger partial charge < -0.3 is 10.6 Å². The number of hydrogen-bond acceptors (Lipinski definition) is 4. The van der Waals surface area contributed by atoms with Crippen molar-refractivity contribution in [3.05, 3.63) is 54.1 Å². The fraction of sp³-hybridized carbons (Fsp3) is 0.133. The summed E-state index contributed by atoms with van der Waals surface area (Å²) in [6.07, 6.45) is 0.624. The first-order valence-corrected chi connectivity index (χ1v) is 8.94. The molecule has 5 nitrogen and oxygen atoms in total. The van der Waals surface area contributed by atoms with E-state index in [4.69, 9.17) is 12.2 Å². The summed E-state index contributed by atoms with van der Waals surface area (Å²) in [4.78, 5) is 0. The molecule has 0 radical (unpaired) electrons. The molecule has 0 amide bonds. The van der Waals surface area contributed by atoms with E-state index in [2.05, 4.69) is 15.4 Å². The van der Waals surface area contributed by atoms with Crippen molar-refractivity contribution in [1.82, 2.24) is 0 Å². The Labute approximate surface area is 136 Å². The fourth-order valence-corrected chi connectivity index (χ4v) is 3.71. The molecule has 0 bridgehead atoms. The first kappa shape index (κ1) is 15.1. The fourth-order valence-electron chi connectivity index (χ4n) is 2.31. The molecule has 0 atom stereocenters. The molecule has 0 spiro atoms. The Hall–Kier alpha value is -1.80. The molecular weight excluding hydrogens is 318 g/mol. The minimum Gasteiger partial charge on any atom is -0.332 e. The minimum absolute atomic E-state index is 0.330. The lowest BCUT2D eigenvalue weighted by atomic mass is 10.1. The molecular formula is C15H17N3O2S2. The van der Waals surface area contributed by atoms with Gasteiger partial charge in [-0.15, -0.1) is 10.8 Å². The molecule has 0 fully saturated rings. The van der Waals surface area contributed by atoms with Crippen LogP contribution in [-0.2, 0) is 6.42 Å². The topological polar surface area (TPSA) is 76.5 Å². The van der Waals surface area contributed by atoms with Crippen LogP contribution in [0.2, 0.25) is 0 Å². The number of nitrogens with one attached hydrogen (secondary N) is 3. The van der Waals surface area contributed by atoms with Crippen LogP contribution in [0, 0.1) is 0 Å². The summed E-state index contributed by atoms with van der Waals surface area (Å²) in [7, 11) is -2.77. The number of anilines is 3. The van der Waals surface area contributed by atoms with Gasteiger partial charge in [-0.1, -0.05) is 30.3 Å². The van der Waals surface area contributed by atoms with Gasteiger partial charge in [0.1, 0.15) is 0 Å². The second-order valence-electron chi connectivity index (χ2n) is 5.01. The largest absolute Gasteiger partial charge is 0.332 e. The Bertz CT molecular complexity index is 692.